The molecule has 2 aromatic carbocycles. The summed E-state index contributed by atoms with van der Waals surface area (Å²) < 4.78 is 0. The summed E-state index contributed by atoms with van der Waals surface area (Å²) in [6.07, 6.45) is 2.36. The lowest BCUT2D eigenvalue weighted by Crippen LogP contribution is -2.22. The molecule has 1 aromatic heterocycles. The first-order valence-electron chi connectivity index (χ1n) is 8.55. The van der Waals surface area contributed by atoms with E-state index in [1.807, 2.05) is 54.7 Å². The molecule has 6 nitrogen and oxygen atoms in total. The van der Waals surface area contributed by atoms with Crippen molar-refractivity contribution in [1.29, 1.82) is 0 Å². The Bertz CT molecular complexity index is 964. The predicted molar refractivity (Wildman–Crippen MR) is 104 cm³/mol. The standard InChI is InChI=1S/C20H21N3O3/c24-11-14(25)10-21-13-5-6-18-16(8-13)12(9-22-18)7-17-15-3-1-2-4-19(15)23-20(17)26/h1-9,14,20-26H,10-11H2. The third-order valence-corrected chi connectivity index (χ3v) is 4.60. The van der Waals surface area contributed by atoms with Gasteiger partial charge in [-0.05, 0) is 30.3 Å². The van der Waals surface area contributed by atoms with Crippen LogP contribution in [-0.2, 0) is 0 Å². The molecule has 26 heavy (non-hydrogen) atoms. The summed E-state index contributed by atoms with van der Waals surface area (Å²) in [7, 11) is 0. The van der Waals surface area contributed by atoms with Crippen molar-refractivity contribution in [2.24, 2.45) is 0 Å². The smallest absolute Gasteiger partial charge is 0.151 e. The molecule has 2 unspecified atom stereocenters. The number of aliphatic hydroxyl groups is 3. The van der Waals surface area contributed by atoms with E-state index in [-0.39, 0.29) is 13.2 Å². The highest BCUT2D eigenvalue weighted by Gasteiger charge is 2.23. The highest BCUT2D eigenvalue weighted by atomic mass is 16.3. The molecule has 0 amide bonds. The number of rotatable bonds is 5. The zero-order chi connectivity index (χ0) is 18.1. The van der Waals surface area contributed by atoms with Gasteiger partial charge < -0.3 is 30.9 Å². The van der Waals surface area contributed by atoms with Crippen LogP contribution < -0.4 is 10.6 Å². The van der Waals surface area contributed by atoms with Crippen molar-refractivity contribution in [2.75, 3.05) is 23.8 Å². The molecule has 0 aliphatic carbocycles. The summed E-state index contributed by atoms with van der Waals surface area (Å²) in [5, 5.41) is 36.0. The number of H-pyrrole nitrogens is 1. The van der Waals surface area contributed by atoms with E-state index < -0.39 is 12.3 Å². The molecule has 1 aliphatic rings. The lowest BCUT2D eigenvalue weighted by atomic mass is 10.0. The first-order valence-corrected chi connectivity index (χ1v) is 8.55. The van der Waals surface area contributed by atoms with E-state index in [1.165, 1.54) is 0 Å². The lowest BCUT2D eigenvalue weighted by Gasteiger charge is -2.10. The van der Waals surface area contributed by atoms with E-state index in [0.29, 0.717) is 0 Å². The molecule has 1 aliphatic heterocycles. The fourth-order valence-electron chi connectivity index (χ4n) is 3.23. The van der Waals surface area contributed by atoms with E-state index in [2.05, 4.69) is 15.6 Å². The molecule has 2 atom stereocenters. The molecule has 134 valence electrons. The van der Waals surface area contributed by atoms with Crippen LogP contribution in [0.3, 0.4) is 0 Å². The van der Waals surface area contributed by atoms with E-state index in [9.17, 15) is 10.2 Å². The number of hydrogen-bond acceptors (Lipinski definition) is 5. The number of aliphatic hydroxyl groups excluding tert-OH is 3. The largest absolute Gasteiger partial charge is 0.394 e. The van der Waals surface area contributed by atoms with E-state index in [4.69, 9.17) is 5.11 Å². The minimum absolute atomic E-state index is 0.277. The molecule has 0 saturated carbocycles. The second kappa shape index (κ2) is 6.84. The fraction of sp³-hybridized carbons (Fsp3) is 0.200. The van der Waals surface area contributed by atoms with Crippen LogP contribution in [0.1, 0.15) is 11.1 Å². The summed E-state index contributed by atoms with van der Waals surface area (Å²) in [5.74, 6) is 0. The third kappa shape index (κ3) is 3.06. The number of nitrogens with one attached hydrogen (secondary N) is 3. The lowest BCUT2D eigenvalue weighted by molar-refractivity contribution is 0.105. The molecule has 0 saturated heterocycles. The van der Waals surface area contributed by atoms with Gasteiger partial charge in [0.05, 0.1) is 12.7 Å². The van der Waals surface area contributed by atoms with Gasteiger partial charge in [-0.25, -0.2) is 0 Å². The van der Waals surface area contributed by atoms with E-state index >= 15 is 0 Å². The van der Waals surface area contributed by atoms with Gasteiger partial charge >= 0.3 is 0 Å². The number of anilines is 2. The van der Waals surface area contributed by atoms with Crippen LogP contribution >= 0.6 is 0 Å². The maximum absolute atomic E-state index is 10.4. The Hall–Kier alpha value is -2.80. The van der Waals surface area contributed by atoms with Crippen molar-refractivity contribution >= 4 is 33.9 Å². The highest BCUT2D eigenvalue weighted by molar-refractivity contribution is 6.00. The van der Waals surface area contributed by atoms with Gasteiger partial charge in [0.2, 0.25) is 0 Å². The molecule has 4 rings (SSSR count). The third-order valence-electron chi connectivity index (χ3n) is 4.60. The van der Waals surface area contributed by atoms with Crippen molar-refractivity contribution in [3.63, 3.8) is 0 Å². The van der Waals surface area contributed by atoms with Crippen LogP contribution in [0, 0.1) is 0 Å². The normalized spacial score (nSPS) is 18.7. The SMILES string of the molecule is OCC(O)CNc1ccc2[nH]cc(C=C3c4ccccc4NC3O)c2c1. The van der Waals surface area contributed by atoms with Crippen molar-refractivity contribution in [3.05, 3.63) is 59.8 Å². The summed E-state index contributed by atoms with van der Waals surface area (Å²) >= 11 is 0. The van der Waals surface area contributed by atoms with Crippen molar-refractivity contribution in [3.8, 4) is 0 Å². The van der Waals surface area contributed by atoms with E-state index in [0.717, 1.165) is 39.0 Å². The monoisotopic (exact) mass is 351 g/mol. The maximum atomic E-state index is 10.4. The summed E-state index contributed by atoms with van der Waals surface area (Å²) in [5.41, 5.74) is 5.56. The van der Waals surface area contributed by atoms with Gasteiger partial charge in [-0.15, -0.1) is 0 Å². The average molecular weight is 351 g/mol. The minimum atomic E-state index is -0.797. The number of hydrogen-bond donors (Lipinski definition) is 6. The second-order valence-corrected chi connectivity index (χ2v) is 6.41. The van der Waals surface area contributed by atoms with Crippen LogP contribution in [0.25, 0.3) is 22.6 Å². The summed E-state index contributed by atoms with van der Waals surface area (Å²) in [6, 6.07) is 13.7. The molecule has 0 radical (unpaired) electrons. The molecule has 0 fully saturated rings. The van der Waals surface area contributed by atoms with Gasteiger partial charge in [0.1, 0.15) is 0 Å². The van der Waals surface area contributed by atoms with Crippen molar-refractivity contribution < 1.29 is 15.3 Å². The Morgan fingerprint density at radius 2 is 2.04 bits per heavy atom. The molecule has 6 heteroatoms. The summed E-state index contributed by atoms with van der Waals surface area (Å²) in [6.45, 7) is -0.0000935. The first kappa shape index (κ1) is 16.7. The molecule has 0 bridgehead atoms. The van der Waals surface area contributed by atoms with Gasteiger partial charge in [-0.1, -0.05) is 18.2 Å². The molecule has 6 N–H and O–H groups in total. The number of aromatic nitrogens is 1. The Morgan fingerprint density at radius 1 is 1.19 bits per heavy atom. The Morgan fingerprint density at radius 3 is 2.88 bits per heavy atom. The number of para-hydroxylation sites is 1. The quantitative estimate of drug-likeness (QED) is 0.423. The number of fused-ring (bicyclic) bond motifs is 2. The van der Waals surface area contributed by atoms with Crippen molar-refractivity contribution in [2.45, 2.75) is 12.3 Å². The van der Waals surface area contributed by atoms with E-state index in [1.54, 1.807) is 0 Å². The van der Waals surface area contributed by atoms with Crippen LogP contribution in [0.15, 0.2) is 48.7 Å². The van der Waals surface area contributed by atoms with Crippen LogP contribution in [0.2, 0.25) is 0 Å². The zero-order valence-electron chi connectivity index (χ0n) is 14.1. The fourth-order valence-corrected chi connectivity index (χ4v) is 3.23. The highest BCUT2D eigenvalue weighted by Crippen LogP contribution is 2.36. The van der Waals surface area contributed by atoms with Gasteiger partial charge in [0.15, 0.2) is 6.23 Å². The van der Waals surface area contributed by atoms with Crippen LogP contribution in [0.4, 0.5) is 11.4 Å². The second-order valence-electron chi connectivity index (χ2n) is 6.41. The molecular formula is C20H21N3O3. The van der Waals surface area contributed by atoms with Gasteiger partial charge in [-0.2, -0.15) is 0 Å². The Labute approximate surface area is 150 Å². The molecule has 3 aromatic rings. The molecular weight excluding hydrogens is 330 g/mol. The first-order chi connectivity index (χ1) is 12.7. The van der Waals surface area contributed by atoms with Crippen LogP contribution in [0.5, 0.6) is 0 Å². The van der Waals surface area contributed by atoms with Gasteiger partial charge in [0, 0.05) is 51.7 Å². The Balaban J connectivity index is 1.69. The number of benzene rings is 2. The summed E-state index contributed by atoms with van der Waals surface area (Å²) in [4.78, 5) is 3.24. The van der Waals surface area contributed by atoms with Crippen LogP contribution in [-0.4, -0.2) is 45.8 Å². The predicted octanol–water partition coefficient (Wildman–Crippen LogP) is 2.22. The van der Waals surface area contributed by atoms with Gasteiger partial charge in [-0.3, -0.25) is 0 Å². The van der Waals surface area contributed by atoms with Gasteiger partial charge in [0.25, 0.3) is 0 Å². The number of aromatic amines is 1. The minimum Gasteiger partial charge on any atom is -0.394 e. The Kier molecular flexibility index (Phi) is 4.38. The maximum Gasteiger partial charge on any atom is 0.151 e. The average Bonchev–Trinajstić information content (AvgIpc) is 3.21. The molecule has 2 heterocycles. The molecule has 0 spiro atoms. The van der Waals surface area contributed by atoms with Crippen molar-refractivity contribution in [1.82, 2.24) is 4.98 Å². The topological polar surface area (TPSA) is 101 Å². The zero-order valence-corrected chi connectivity index (χ0v) is 14.1.